The summed E-state index contributed by atoms with van der Waals surface area (Å²) < 4.78 is 10.8. The molecule has 1 saturated carbocycles. The molecule has 0 spiro atoms. The number of ether oxygens (including phenoxy) is 2. The molecule has 1 aliphatic rings. The van der Waals surface area contributed by atoms with E-state index in [1.807, 2.05) is 13.0 Å². The maximum Gasteiger partial charge on any atom is 0.303 e. The first-order valence-electron chi connectivity index (χ1n) is 6.62. The fourth-order valence-corrected chi connectivity index (χ4v) is 3.16. The summed E-state index contributed by atoms with van der Waals surface area (Å²) in [5, 5.41) is 9.62. The molecule has 0 radical (unpaired) electrons. The van der Waals surface area contributed by atoms with E-state index in [0.717, 1.165) is 24.0 Å². The molecule has 1 atom stereocenters. The van der Waals surface area contributed by atoms with E-state index in [0.29, 0.717) is 22.4 Å². The lowest BCUT2D eigenvalue weighted by Crippen LogP contribution is -2.11. The summed E-state index contributed by atoms with van der Waals surface area (Å²) in [6.45, 7) is 1.89. The highest BCUT2D eigenvalue weighted by Crippen LogP contribution is 2.51. The maximum absolute atomic E-state index is 11.1. The number of methoxy groups -OCH3 is 2. The molecule has 1 fully saturated rings. The van der Waals surface area contributed by atoms with Gasteiger partial charge in [0.1, 0.15) is 11.5 Å². The SMILES string of the molecule is COc1cc(C)c(OC)c(Cl)c1C(CC(=O)O)C1CC1. The predicted molar refractivity (Wildman–Crippen MR) is 77.0 cm³/mol. The molecule has 1 aliphatic carbocycles. The second kappa shape index (κ2) is 5.92. The molecule has 0 saturated heterocycles. The molecule has 0 bridgehead atoms. The Hall–Kier alpha value is -1.42. The quantitative estimate of drug-likeness (QED) is 0.871. The van der Waals surface area contributed by atoms with Crippen molar-refractivity contribution in [2.75, 3.05) is 14.2 Å². The van der Waals surface area contributed by atoms with Gasteiger partial charge in [-0.3, -0.25) is 4.79 Å². The van der Waals surface area contributed by atoms with E-state index in [-0.39, 0.29) is 12.3 Å². The van der Waals surface area contributed by atoms with Crippen molar-refractivity contribution >= 4 is 17.6 Å². The molecule has 20 heavy (non-hydrogen) atoms. The first kappa shape index (κ1) is 15.0. The monoisotopic (exact) mass is 298 g/mol. The van der Waals surface area contributed by atoms with E-state index in [1.165, 1.54) is 0 Å². The van der Waals surface area contributed by atoms with Crippen LogP contribution in [0.2, 0.25) is 5.02 Å². The molecule has 2 rings (SSSR count). The molecule has 1 aromatic rings. The van der Waals surface area contributed by atoms with Gasteiger partial charge in [0.05, 0.1) is 25.7 Å². The molecule has 4 nitrogen and oxygen atoms in total. The van der Waals surface area contributed by atoms with E-state index < -0.39 is 5.97 Å². The molecular formula is C15H19ClO4. The molecule has 5 heteroatoms. The predicted octanol–water partition coefficient (Wildman–Crippen LogP) is 3.63. The van der Waals surface area contributed by atoms with E-state index in [4.69, 9.17) is 26.2 Å². The zero-order valence-electron chi connectivity index (χ0n) is 11.9. The maximum atomic E-state index is 11.1. The summed E-state index contributed by atoms with van der Waals surface area (Å²) in [5.41, 5.74) is 1.64. The van der Waals surface area contributed by atoms with Crippen LogP contribution in [0.25, 0.3) is 0 Å². The van der Waals surface area contributed by atoms with E-state index in [1.54, 1.807) is 14.2 Å². The third-order valence-corrected chi connectivity index (χ3v) is 4.16. The summed E-state index contributed by atoms with van der Waals surface area (Å²) in [4.78, 5) is 11.1. The Labute approximate surface area is 123 Å². The molecular weight excluding hydrogens is 280 g/mol. The second-order valence-electron chi connectivity index (χ2n) is 5.20. The van der Waals surface area contributed by atoms with Crippen molar-refractivity contribution in [1.82, 2.24) is 0 Å². The molecule has 0 aliphatic heterocycles. The molecule has 0 aromatic heterocycles. The smallest absolute Gasteiger partial charge is 0.303 e. The highest BCUT2D eigenvalue weighted by Gasteiger charge is 2.37. The van der Waals surface area contributed by atoms with Gasteiger partial charge in [0.25, 0.3) is 0 Å². The summed E-state index contributed by atoms with van der Waals surface area (Å²) in [6, 6.07) is 1.86. The highest BCUT2D eigenvalue weighted by atomic mass is 35.5. The molecule has 0 amide bonds. The van der Waals surface area contributed by atoms with Crippen molar-refractivity contribution in [2.45, 2.75) is 32.1 Å². The van der Waals surface area contributed by atoms with Crippen molar-refractivity contribution in [1.29, 1.82) is 0 Å². The normalized spacial score (nSPS) is 15.8. The third kappa shape index (κ3) is 2.85. The number of carbonyl (C=O) groups is 1. The van der Waals surface area contributed by atoms with Crippen LogP contribution < -0.4 is 9.47 Å². The lowest BCUT2D eigenvalue weighted by Gasteiger charge is -2.22. The van der Waals surface area contributed by atoms with Gasteiger partial charge in [-0.15, -0.1) is 0 Å². The van der Waals surface area contributed by atoms with Crippen LogP contribution in [0.1, 0.15) is 36.3 Å². The minimum Gasteiger partial charge on any atom is -0.496 e. The van der Waals surface area contributed by atoms with E-state index in [2.05, 4.69) is 0 Å². The summed E-state index contributed by atoms with van der Waals surface area (Å²) in [5.74, 6) is 0.666. The Morgan fingerprint density at radius 3 is 2.55 bits per heavy atom. The Morgan fingerprint density at radius 2 is 2.10 bits per heavy atom. The Bertz CT molecular complexity index is 523. The Balaban J connectivity index is 2.54. The number of carboxylic acid groups (broad SMARTS) is 1. The zero-order chi connectivity index (χ0) is 14.9. The number of hydrogen-bond donors (Lipinski definition) is 1. The first-order valence-corrected chi connectivity index (χ1v) is 7.00. The molecule has 110 valence electrons. The van der Waals surface area contributed by atoms with Crippen molar-refractivity contribution in [3.63, 3.8) is 0 Å². The van der Waals surface area contributed by atoms with Crippen LogP contribution in [-0.4, -0.2) is 25.3 Å². The van der Waals surface area contributed by atoms with Gasteiger partial charge < -0.3 is 14.6 Å². The molecule has 1 N–H and O–H groups in total. The van der Waals surface area contributed by atoms with Gasteiger partial charge in [-0.1, -0.05) is 11.6 Å². The van der Waals surface area contributed by atoms with Gasteiger partial charge in [-0.2, -0.15) is 0 Å². The van der Waals surface area contributed by atoms with Crippen LogP contribution >= 0.6 is 11.6 Å². The number of benzene rings is 1. The average molecular weight is 299 g/mol. The Kier molecular flexibility index (Phi) is 4.43. The highest BCUT2D eigenvalue weighted by molar-refractivity contribution is 6.33. The van der Waals surface area contributed by atoms with Crippen LogP contribution in [0, 0.1) is 12.8 Å². The number of aliphatic carboxylic acids is 1. The standard InChI is InChI=1S/C15H19ClO4/c1-8-6-11(19-2)13(14(16)15(8)20-3)10(7-12(17)18)9-4-5-9/h6,9-10H,4-5,7H2,1-3H3,(H,17,18). The fourth-order valence-electron chi connectivity index (χ4n) is 2.70. The fraction of sp³-hybridized carbons (Fsp3) is 0.533. The number of carboxylic acids is 1. The van der Waals surface area contributed by atoms with Crippen molar-refractivity contribution in [3.8, 4) is 11.5 Å². The van der Waals surface area contributed by atoms with Crippen molar-refractivity contribution in [2.24, 2.45) is 5.92 Å². The van der Waals surface area contributed by atoms with Crippen molar-refractivity contribution < 1.29 is 19.4 Å². The van der Waals surface area contributed by atoms with Gasteiger partial charge in [0.15, 0.2) is 0 Å². The second-order valence-corrected chi connectivity index (χ2v) is 5.58. The first-order chi connectivity index (χ1) is 9.49. The topological polar surface area (TPSA) is 55.8 Å². The largest absolute Gasteiger partial charge is 0.496 e. The lowest BCUT2D eigenvalue weighted by atomic mass is 9.89. The zero-order valence-corrected chi connectivity index (χ0v) is 12.7. The Morgan fingerprint density at radius 1 is 1.45 bits per heavy atom. The minimum absolute atomic E-state index is 0.0625. The number of halogens is 1. The van der Waals surface area contributed by atoms with E-state index in [9.17, 15) is 4.79 Å². The van der Waals surface area contributed by atoms with Crippen molar-refractivity contribution in [3.05, 3.63) is 22.2 Å². The number of rotatable bonds is 6. The van der Waals surface area contributed by atoms with E-state index >= 15 is 0 Å². The molecule has 0 heterocycles. The summed E-state index contributed by atoms with van der Waals surface area (Å²) in [6.07, 6.45) is 2.13. The minimum atomic E-state index is -0.820. The van der Waals surface area contributed by atoms with Gasteiger partial charge in [-0.05, 0) is 37.3 Å². The number of aryl methyl sites for hydroxylation is 1. The van der Waals surface area contributed by atoms with Gasteiger partial charge in [0, 0.05) is 11.5 Å². The third-order valence-electron chi connectivity index (χ3n) is 3.79. The van der Waals surface area contributed by atoms with Crippen LogP contribution in [-0.2, 0) is 4.79 Å². The van der Waals surface area contributed by atoms with Gasteiger partial charge in [0.2, 0.25) is 0 Å². The van der Waals surface area contributed by atoms with Crippen LogP contribution in [0.3, 0.4) is 0 Å². The summed E-state index contributed by atoms with van der Waals surface area (Å²) in [7, 11) is 3.14. The van der Waals surface area contributed by atoms with Crippen LogP contribution in [0.15, 0.2) is 6.07 Å². The van der Waals surface area contributed by atoms with Gasteiger partial charge >= 0.3 is 5.97 Å². The summed E-state index contributed by atoms with van der Waals surface area (Å²) >= 11 is 6.45. The van der Waals surface area contributed by atoms with Gasteiger partial charge in [-0.25, -0.2) is 0 Å². The molecule has 1 aromatic carbocycles. The number of hydrogen-bond acceptors (Lipinski definition) is 3. The lowest BCUT2D eigenvalue weighted by molar-refractivity contribution is -0.137. The average Bonchev–Trinajstić information content (AvgIpc) is 3.20. The van der Waals surface area contributed by atoms with Crippen LogP contribution in [0.4, 0.5) is 0 Å². The van der Waals surface area contributed by atoms with Crippen LogP contribution in [0.5, 0.6) is 11.5 Å². The molecule has 1 unspecified atom stereocenters.